The zero-order chi connectivity index (χ0) is 22.2. The zero-order valence-corrected chi connectivity index (χ0v) is 20.1. The van der Waals surface area contributed by atoms with E-state index in [1.54, 1.807) is 0 Å². The quantitative estimate of drug-likeness (QED) is 0.193. The van der Waals surface area contributed by atoms with Gasteiger partial charge in [-0.05, 0) is 38.0 Å². The Kier molecular flexibility index (Phi) is 14.1. The lowest BCUT2D eigenvalue weighted by atomic mass is 9.64. The van der Waals surface area contributed by atoms with Gasteiger partial charge in [0.15, 0.2) is 0 Å². The van der Waals surface area contributed by atoms with Crippen LogP contribution in [0.25, 0.3) is 0 Å². The topological polar surface area (TPSA) is 63.6 Å². The number of carboxylic acid groups (broad SMARTS) is 1. The molecule has 176 valence electrons. The molecule has 0 aromatic rings. The van der Waals surface area contributed by atoms with E-state index < -0.39 is 17.3 Å². The zero-order valence-electron chi connectivity index (χ0n) is 20.1. The number of carbonyl (C=O) groups is 2. The SMILES string of the molecule is CCCCCCCCCCOC(=O)C1(CC(CC)CCCC)CCCC(C(=O)O)C1. The summed E-state index contributed by atoms with van der Waals surface area (Å²) in [6.07, 6.45) is 17.8. The van der Waals surface area contributed by atoms with Gasteiger partial charge >= 0.3 is 11.9 Å². The van der Waals surface area contributed by atoms with E-state index in [-0.39, 0.29) is 5.97 Å². The van der Waals surface area contributed by atoms with Crippen molar-refractivity contribution in [2.75, 3.05) is 6.61 Å². The summed E-state index contributed by atoms with van der Waals surface area (Å²) in [5.41, 5.74) is -0.587. The highest BCUT2D eigenvalue weighted by Crippen LogP contribution is 2.46. The average molecular weight is 425 g/mol. The monoisotopic (exact) mass is 424 g/mol. The summed E-state index contributed by atoms with van der Waals surface area (Å²) < 4.78 is 5.78. The van der Waals surface area contributed by atoms with Gasteiger partial charge in [-0.15, -0.1) is 0 Å². The first-order valence-electron chi connectivity index (χ1n) is 12.9. The molecule has 0 aromatic carbocycles. The van der Waals surface area contributed by atoms with E-state index in [0.717, 1.165) is 51.4 Å². The Hall–Kier alpha value is -1.06. The third kappa shape index (κ3) is 9.83. The van der Waals surface area contributed by atoms with Gasteiger partial charge in [0.2, 0.25) is 0 Å². The number of hydrogen-bond acceptors (Lipinski definition) is 3. The third-order valence-electron chi connectivity index (χ3n) is 7.08. The number of hydrogen-bond donors (Lipinski definition) is 1. The summed E-state index contributed by atoms with van der Waals surface area (Å²) in [4.78, 5) is 24.9. The molecule has 1 fully saturated rings. The van der Waals surface area contributed by atoms with Gasteiger partial charge in [-0.2, -0.15) is 0 Å². The molecule has 4 heteroatoms. The van der Waals surface area contributed by atoms with E-state index in [0.29, 0.717) is 25.4 Å². The lowest BCUT2D eigenvalue weighted by molar-refractivity contribution is -0.163. The van der Waals surface area contributed by atoms with Crippen molar-refractivity contribution < 1.29 is 19.4 Å². The fourth-order valence-electron chi connectivity index (χ4n) is 5.08. The van der Waals surface area contributed by atoms with Gasteiger partial charge in [-0.1, -0.05) is 97.8 Å². The van der Waals surface area contributed by atoms with E-state index in [4.69, 9.17) is 4.74 Å². The molecule has 1 saturated carbocycles. The summed E-state index contributed by atoms with van der Waals surface area (Å²) in [5, 5.41) is 9.58. The van der Waals surface area contributed by atoms with Crippen molar-refractivity contribution >= 4 is 11.9 Å². The molecule has 3 atom stereocenters. The van der Waals surface area contributed by atoms with Gasteiger partial charge in [0.05, 0.1) is 17.9 Å². The van der Waals surface area contributed by atoms with E-state index in [9.17, 15) is 14.7 Å². The van der Waals surface area contributed by atoms with Gasteiger partial charge in [0.1, 0.15) is 0 Å². The Morgan fingerprint density at radius 3 is 2.20 bits per heavy atom. The minimum Gasteiger partial charge on any atom is -0.481 e. The van der Waals surface area contributed by atoms with Crippen LogP contribution in [0.3, 0.4) is 0 Å². The second-order valence-electron chi connectivity index (χ2n) is 9.64. The highest BCUT2D eigenvalue weighted by atomic mass is 16.5. The molecule has 1 aliphatic carbocycles. The van der Waals surface area contributed by atoms with Crippen molar-refractivity contribution in [2.45, 2.75) is 130 Å². The lowest BCUT2D eigenvalue weighted by Gasteiger charge is -2.39. The molecule has 0 spiro atoms. The molecule has 0 amide bonds. The van der Waals surface area contributed by atoms with Crippen molar-refractivity contribution in [3.8, 4) is 0 Å². The van der Waals surface area contributed by atoms with Crippen LogP contribution in [0.4, 0.5) is 0 Å². The van der Waals surface area contributed by atoms with Gasteiger partial charge < -0.3 is 9.84 Å². The predicted molar refractivity (Wildman–Crippen MR) is 124 cm³/mol. The molecule has 1 aliphatic rings. The Morgan fingerprint density at radius 2 is 1.60 bits per heavy atom. The molecule has 0 bridgehead atoms. The third-order valence-corrected chi connectivity index (χ3v) is 7.08. The van der Waals surface area contributed by atoms with Crippen molar-refractivity contribution in [3.05, 3.63) is 0 Å². The number of aliphatic carboxylic acids is 1. The summed E-state index contributed by atoms with van der Waals surface area (Å²) in [6.45, 7) is 7.11. The van der Waals surface area contributed by atoms with Gasteiger partial charge in [-0.25, -0.2) is 0 Å². The van der Waals surface area contributed by atoms with Crippen molar-refractivity contribution in [3.63, 3.8) is 0 Å². The van der Waals surface area contributed by atoms with Crippen molar-refractivity contribution in [1.29, 1.82) is 0 Å². The van der Waals surface area contributed by atoms with Crippen LogP contribution < -0.4 is 0 Å². The first-order chi connectivity index (χ1) is 14.5. The maximum absolute atomic E-state index is 13.2. The number of carbonyl (C=O) groups excluding carboxylic acids is 1. The summed E-state index contributed by atoms with van der Waals surface area (Å²) in [7, 11) is 0. The normalized spacial score (nSPS) is 22.6. The van der Waals surface area contributed by atoms with E-state index in [1.165, 1.54) is 44.9 Å². The minimum atomic E-state index is -0.753. The highest BCUT2D eigenvalue weighted by molar-refractivity contribution is 5.79. The number of ether oxygens (including phenoxy) is 1. The van der Waals surface area contributed by atoms with E-state index in [1.807, 2.05) is 0 Å². The number of rotatable bonds is 17. The molecule has 30 heavy (non-hydrogen) atoms. The molecule has 0 radical (unpaired) electrons. The van der Waals surface area contributed by atoms with E-state index in [2.05, 4.69) is 20.8 Å². The van der Waals surface area contributed by atoms with Crippen molar-refractivity contribution in [2.24, 2.45) is 17.3 Å². The minimum absolute atomic E-state index is 0.119. The number of esters is 1. The molecule has 0 saturated heterocycles. The Balaban J connectivity index is 2.57. The van der Waals surface area contributed by atoms with Crippen LogP contribution in [0, 0.1) is 17.3 Å². The average Bonchev–Trinajstić information content (AvgIpc) is 2.75. The summed E-state index contributed by atoms with van der Waals surface area (Å²) in [5.74, 6) is -0.797. The maximum atomic E-state index is 13.2. The highest BCUT2D eigenvalue weighted by Gasteiger charge is 2.46. The lowest BCUT2D eigenvalue weighted by Crippen LogP contribution is -2.41. The maximum Gasteiger partial charge on any atom is 0.312 e. The molecule has 3 unspecified atom stereocenters. The first-order valence-corrected chi connectivity index (χ1v) is 12.9. The molecule has 4 nitrogen and oxygen atoms in total. The standard InChI is InChI=1S/C26H48O4/c1-4-7-9-10-11-12-13-14-19-30-25(29)26(20-22(6-3)16-8-5-2)18-15-17-23(21-26)24(27)28/h22-23H,4-21H2,1-3H3,(H,27,28). The van der Waals surface area contributed by atoms with Crippen LogP contribution in [0.1, 0.15) is 130 Å². The van der Waals surface area contributed by atoms with Gasteiger partial charge in [0.25, 0.3) is 0 Å². The van der Waals surface area contributed by atoms with Crippen molar-refractivity contribution in [1.82, 2.24) is 0 Å². The van der Waals surface area contributed by atoms with Gasteiger partial charge in [-0.3, -0.25) is 9.59 Å². The molecule has 0 heterocycles. The molecule has 1 N–H and O–H groups in total. The Labute approximate surface area is 185 Å². The van der Waals surface area contributed by atoms with Crippen LogP contribution in [0.5, 0.6) is 0 Å². The van der Waals surface area contributed by atoms with Gasteiger partial charge in [0, 0.05) is 0 Å². The second-order valence-corrected chi connectivity index (χ2v) is 9.64. The fraction of sp³-hybridized carbons (Fsp3) is 0.923. The fourth-order valence-corrected chi connectivity index (χ4v) is 5.08. The largest absolute Gasteiger partial charge is 0.481 e. The summed E-state index contributed by atoms with van der Waals surface area (Å²) in [6, 6.07) is 0. The summed E-state index contributed by atoms with van der Waals surface area (Å²) >= 11 is 0. The van der Waals surface area contributed by atoms with Crippen LogP contribution in [0.15, 0.2) is 0 Å². The van der Waals surface area contributed by atoms with Crippen LogP contribution in [0.2, 0.25) is 0 Å². The first kappa shape index (κ1) is 27.0. The van der Waals surface area contributed by atoms with E-state index >= 15 is 0 Å². The molecular formula is C26H48O4. The van der Waals surface area contributed by atoms with Crippen LogP contribution >= 0.6 is 0 Å². The second kappa shape index (κ2) is 15.7. The predicted octanol–water partition coefficient (Wildman–Crippen LogP) is 7.54. The molecule has 0 aromatic heterocycles. The number of carboxylic acids is 1. The molecule has 1 rings (SSSR count). The Morgan fingerprint density at radius 1 is 0.967 bits per heavy atom. The van der Waals surface area contributed by atoms with Crippen LogP contribution in [-0.2, 0) is 14.3 Å². The van der Waals surface area contributed by atoms with Crippen LogP contribution in [-0.4, -0.2) is 23.7 Å². The molecule has 0 aliphatic heterocycles. The smallest absolute Gasteiger partial charge is 0.312 e. The Bertz CT molecular complexity index is 476. The molecular weight excluding hydrogens is 376 g/mol. The number of unbranched alkanes of at least 4 members (excludes halogenated alkanes) is 8.